The van der Waals surface area contributed by atoms with Crippen molar-refractivity contribution in [2.24, 2.45) is 10.1 Å². The number of rotatable bonds is 5. The summed E-state index contributed by atoms with van der Waals surface area (Å²) >= 11 is 0. The smallest absolute Gasteiger partial charge is 0.102 e. The fourth-order valence-corrected chi connectivity index (χ4v) is 1.89. The highest BCUT2D eigenvalue weighted by molar-refractivity contribution is 6.47. The first-order chi connectivity index (χ1) is 9.81. The minimum atomic E-state index is 0.511. The lowest BCUT2D eigenvalue weighted by Crippen LogP contribution is -2.13. The van der Waals surface area contributed by atoms with Gasteiger partial charge in [0.05, 0.1) is 5.71 Å². The molecule has 1 heterocycles. The Morgan fingerprint density at radius 3 is 2.50 bits per heavy atom. The van der Waals surface area contributed by atoms with Crippen LogP contribution in [-0.4, -0.2) is 28.2 Å². The highest BCUT2D eigenvalue weighted by atomic mass is 16.4. The molecule has 0 saturated heterocycles. The maximum Gasteiger partial charge on any atom is 0.102 e. The van der Waals surface area contributed by atoms with Gasteiger partial charge in [0.1, 0.15) is 5.71 Å². The Morgan fingerprint density at radius 1 is 1.10 bits per heavy atom. The van der Waals surface area contributed by atoms with Crippen molar-refractivity contribution in [2.45, 2.75) is 13.3 Å². The minimum absolute atomic E-state index is 0.511. The van der Waals surface area contributed by atoms with Gasteiger partial charge in [-0.15, -0.1) is 0 Å². The molecular formula is C16H17N3O. The van der Waals surface area contributed by atoms with Gasteiger partial charge in [-0.25, -0.2) is 0 Å². The summed E-state index contributed by atoms with van der Waals surface area (Å²) in [5.41, 5.74) is 3.17. The maximum absolute atomic E-state index is 8.98. The molecule has 1 aromatic heterocycles. The van der Waals surface area contributed by atoms with Crippen molar-refractivity contribution in [2.75, 3.05) is 6.54 Å². The molecule has 0 bridgehead atoms. The van der Waals surface area contributed by atoms with Crippen LogP contribution in [0, 0.1) is 0 Å². The number of hydrogen-bond donors (Lipinski definition) is 1. The summed E-state index contributed by atoms with van der Waals surface area (Å²) in [6.45, 7) is 2.35. The molecule has 4 heteroatoms. The summed E-state index contributed by atoms with van der Waals surface area (Å²) in [7, 11) is 0. The van der Waals surface area contributed by atoms with Crippen LogP contribution in [0.3, 0.4) is 0 Å². The third-order valence-electron chi connectivity index (χ3n) is 2.90. The third kappa shape index (κ3) is 3.75. The highest BCUT2D eigenvalue weighted by Gasteiger charge is 2.07. The number of nitrogens with zero attached hydrogens (tertiary/aromatic N) is 3. The number of aliphatic imine (C=N–C) groups is 1. The Bertz CT molecular complexity index is 592. The average Bonchev–Trinajstić information content (AvgIpc) is 2.53. The fourth-order valence-electron chi connectivity index (χ4n) is 1.89. The van der Waals surface area contributed by atoms with E-state index in [1.165, 1.54) is 0 Å². The molecule has 0 unspecified atom stereocenters. The van der Waals surface area contributed by atoms with Crippen LogP contribution in [-0.2, 0) is 6.42 Å². The van der Waals surface area contributed by atoms with Gasteiger partial charge < -0.3 is 5.21 Å². The van der Waals surface area contributed by atoms with Crippen LogP contribution < -0.4 is 0 Å². The van der Waals surface area contributed by atoms with Crippen molar-refractivity contribution in [3.63, 3.8) is 0 Å². The lowest BCUT2D eigenvalue weighted by atomic mass is 10.1. The molecule has 0 saturated carbocycles. The molecule has 0 spiro atoms. The molecule has 2 aromatic rings. The number of hydrogen-bond acceptors (Lipinski definition) is 4. The van der Waals surface area contributed by atoms with Gasteiger partial charge in [0.2, 0.25) is 0 Å². The Labute approximate surface area is 118 Å². The second kappa shape index (κ2) is 7.19. The normalized spacial score (nSPS) is 12.4. The van der Waals surface area contributed by atoms with E-state index in [9.17, 15) is 0 Å². The quantitative estimate of drug-likeness (QED) is 0.514. The van der Waals surface area contributed by atoms with Crippen molar-refractivity contribution in [3.8, 4) is 0 Å². The first kappa shape index (κ1) is 13.9. The van der Waals surface area contributed by atoms with Gasteiger partial charge in [0.15, 0.2) is 0 Å². The number of benzene rings is 1. The maximum atomic E-state index is 8.98. The van der Waals surface area contributed by atoms with Crippen LogP contribution in [0.15, 0.2) is 64.9 Å². The van der Waals surface area contributed by atoms with E-state index in [4.69, 9.17) is 5.21 Å². The van der Waals surface area contributed by atoms with Crippen LogP contribution in [0.4, 0.5) is 0 Å². The monoisotopic (exact) mass is 267 g/mol. The van der Waals surface area contributed by atoms with E-state index in [2.05, 4.69) is 15.1 Å². The zero-order valence-electron chi connectivity index (χ0n) is 11.4. The first-order valence-corrected chi connectivity index (χ1v) is 6.50. The largest absolute Gasteiger partial charge is 0.411 e. The van der Waals surface area contributed by atoms with E-state index < -0.39 is 0 Å². The standard InChI is InChI=1S/C16H17N3O/c1-13(19-20)16(14-7-3-2-4-8-14)18-12-10-15-9-5-6-11-17-15/h2-9,11,20H,10,12H2,1H3. The first-order valence-electron chi connectivity index (χ1n) is 6.50. The van der Waals surface area contributed by atoms with Gasteiger partial charge in [0, 0.05) is 30.4 Å². The van der Waals surface area contributed by atoms with E-state index in [1.54, 1.807) is 13.1 Å². The second-order valence-corrected chi connectivity index (χ2v) is 4.35. The van der Waals surface area contributed by atoms with Crippen LogP contribution in [0.5, 0.6) is 0 Å². The molecule has 102 valence electrons. The summed E-state index contributed by atoms with van der Waals surface area (Å²) in [4.78, 5) is 8.81. The average molecular weight is 267 g/mol. The Morgan fingerprint density at radius 2 is 1.85 bits per heavy atom. The van der Waals surface area contributed by atoms with E-state index in [-0.39, 0.29) is 0 Å². The van der Waals surface area contributed by atoms with Crippen LogP contribution in [0.2, 0.25) is 0 Å². The lowest BCUT2D eigenvalue weighted by molar-refractivity contribution is 0.320. The molecule has 0 amide bonds. The van der Waals surface area contributed by atoms with Crippen LogP contribution in [0.25, 0.3) is 0 Å². The van der Waals surface area contributed by atoms with Gasteiger partial charge in [-0.3, -0.25) is 9.98 Å². The van der Waals surface area contributed by atoms with Crippen LogP contribution >= 0.6 is 0 Å². The molecule has 0 radical (unpaired) electrons. The molecule has 0 fully saturated rings. The zero-order valence-corrected chi connectivity index (χ0v) is 11.4. The van der Waals surface area contributed by atoms with Crippen molar-refractivity contribution in [1.82, 2.24) is 4.98 Å². The van der Waals surface area contributed by atoms with Crippen LogP contribution in [0.1, 0.15) is 18.2 Å². The zero-order chi connectivity index (χ0) is 14.2. The number of aromatic nitrogens is 1. The Hall–Kier alpha value is -2.49. The van der Waals surface area contributed by atoms with Crippen molar-refractivity contribution in [3.05, 3.63) is 66.0 Å². The highest BCUT2D eigenvalue weighted by Crippen LogP contribution is 2.04. The van der Waals surface area contributed by atoms with Crippen molar-refractivity contribution >= 4 is 11.4 Å². The fraction of sp³-hybridized carbons (Fsp3) is 0.188. The van der Waals surface area contributed by atoms with Crippen molar-refractivity contribution in [1.29, 1.82) is 0 Å². The molecule has 1 aromatic carbocycles. The molecule has 1 N–H and O–H groups in total. The molecule has 0 aliphatic heterocycles. The topological polar surface area (TPSA) is 57.8 Å². The van der Waals surface area contributed by atoms with Gasteiger partial charge in [-0.2, -0.15) is 0 Å². The third-order valence-corrected chi connectivity index (χ3v) is 2.90. The second-order valence-electron chi connectivity index (χ2n) is 4.35. The summed E-state index contributed by atoms with van der Waals surface area (Å²) in [6.07, 6.45) is 2.54. The summed E-state index contributed by atoms with van der Waals surface area (Å²) in [5, 5.41) is 12.2. The van der Waals surface area contributed by atoms with E-state index >= 15 is 0 Å². The van der Waals surface area contributed by atoms with Gasteiger partial charge in [-0.1, -0.05) is 41.6 Å². The summed E-state index contributed by atoms with van der Waals surface area (Å²) < 4.78 is 0. The lowest BCUT2D eigenvalue weighted by Gasteiger charge is -2.05. The molecule has 0 aliphatic carbocycles. The van der Waals surface area contributed by atoms with E-state index in [0.29, 0.717) is 18.0 Å². The number of pyridine rings is 1. The van der Waals surface area contributed by atoms with Crippen molar-refractivity contribution < 1.29 is 5.21 Å². The Kier molecular flexibility index (Phi) is 5.00. The molecule has 0 aliphatic rings. The SMILES string of the molecule is CC(=NO)C(=NCCc1ccccn1)c1ccccc1. The van der Waals surface area contributed by atoms with Gasteiger partial charge in [0.25, 0.3) is 0 Å². The Balaban J connectivity index is 2.14. The molecule has 2 rings (SSSR count). The predicted molar refractivity (Wildman–Crippen MR) is 80.7 cm³/mol. The minimum Gasteiger partial charge on any atom is -0.411 e. The predicted octanol–water partition coefficient (Wildman–Crippen LogP) is 2.96. The summed E-state index contributed by atoms with van der Waals surface area (Å²) in [5.74, 6) is 0. The van der Waals surface area contributed by atoms with Gasteiger partial charge >= 0.3 is 0 Å². The van der Waals surface area contributed by atoms with E-state index in [0.717, 1.165) is 17.7 Å². The number of oxime groups is 1. The molecule has 20 heavy (non-hydrogen) atoms. The molecule has 4 nitrogen and oxygen atoms in total. The summed E-state index contributed by atoms with van der Waals surface area (Å²) in [6, 6.07) is 15.6. The molecule has 0 atom stereocenters. The van der Waals surface area contributed by atoms with E-state index in [1.807, 2.05) is 48.5 Å². The van der Waals surface area contributed by atoms with Gasteiger partial charge in [-0.05, 0) is 19.1 Å². The molecular weight excluding hydrogens is 250 g/mol.